The normalized spacial score (nSPS) is 13.0. The van der Waals surface area contributed by atoms with Crippen LogP contribution in [-0.4, -0.2) is 20.1 Å². The number of rotatable bonds is 57. The van der Waals surface area contributed by atoms with Crippen molar-refractivity contribution in [2.45, 2.75) is 374 Å². The zero-order valence-electron chi connectivity index (χ0n) is 73.7. The van der Waals surface area contributed by atoms with E-state index in [1.165, 1.54) is 18.2 Å². The minimum absolute atomic E-state index is 0.0587. The number of hydrogen-bond acceptors (Lipinski definition) is 4. The van der Waals surface area contributed by atoms with Gasteiger partial charge in [-0.1, -0.05) is 80.1 Å². The molecule has 0 unspecified atom stereocenters. The molecule has 0 amide bonds. The molecule has 0 saturated carbocycles. The van der Waals surface area contributed by atoms with Gasteiger partial charge in [-0.2, -0.15) is 0 Å². The number of unbranched alkanes of at least 4 members (excludes halogenated alkanes) is 30. The summed E-state index contributed by atoms with van der Waals surface area (Å²) in [4.78, 5) is 1.60. The summed E-state index contributed by atoms with van der Waals surface area (Å²) in [7, 11) is -12.3. The van der Waals surface area contributed by atoms with E-state index in [2.05, 4.69) is 41.5 Å². The Morgan fingerprint density at radius 2 is 0.369 bits per heavy atom. The van der Waals surface area contributed by atoms with E-state index < -0.39 is 86.2 Å². The molecule has 4 nitrogen and oxygen atoms in total. The number of halogens is 9. The van der Waals surface area contributed by atoms with Crippen LogP contribution in [0, 0.1) is 0 Å². The second kappa shape index (κ2) is 51.0. The number of alkyl halides is 9. The summed E-state index contributed by atoms with van der Waals surface area (Å²) < 4.78 is 191. The number of benzene rings is 9. The van der Waals surface area contributed by atoms with Gasteiger partial charge in [-0.15, -0.1) is 0 Å². The molecule has 0 spiro atoms. The van der Waals surface area contributed by atoms with E-state index >= 15 is 42.5 Å². The molecule has 0 aliphatic heterocycles. The second-order valence-corrected chi connectivity index (χ2v) is 47.8. The maximum atomic E-state index is 20.0. The second-order valence-electron chi connectivity index (χ2n) is 33.4. The van der Waals surface area contributed by atoms with Gasteiger partial charge in [-0.25, -0.2) is 0 Å². The fraction of sp³-hybridized carbons (Fsp3) is 0.486. The van der Waals surface area contributed by atoms with Crippen molar-refractivity contribution in [2.24, 2.45) is 0 Å². The first kappa shape index (κ1) is 99.7. The Kier molecular flexibility index (Phi) is 41.7. The molecule has 0 aliphatic rings. The van der Waals surface area contributed by atoms with Crippen molar-refractivity contribution < 1.29 is 49.9 Å². The predicted octanol–water partition coefficient (Wildman–Crippen LogP) is 36.1. The quantitative estimate of drug-likeness (QED) is 0.0216. The van der Waals surface area contributed by atoms with Crippen LogP contribution in [0.4, 0.5) is 39.5 Å². The van der Waals surface area contributed by atoms with Gasteiger partial charge < -0.3 is 0 Å². The van der Waals surface area contributed by atoms with Crippen LogP contribution in [0.5, 0.6) is 0 Å². The van der Waals surface area contributed by atoms with Gasteiger partial charge in [-0.3, -0.25) is 0 Å². The van der Waals surface area contributed by atoms with Crippen molar-refractivity contribution in [3.63, 3.8) is 0 Å². The molecule has 0 fully saturated rings. The maximum absolute atomic E-state index is 20.0. The van der Waals surface area contributed by atoms with Crippen LogP contribution < -0.4 is 0 Å². The van der Waals surface area contributed by atoms with Crippen molar-refractivity contribution in [3.05, 3.63) is 268 Å². The fourth-order valence-electron chi connectivity index (χ4n) is 16.4. The molecule has 9 aromatic carbocycles. The Balaban J connectivity index is 1.46. The fourth-order valence-corrected chi connectivity index (χ4v) is 41.1. The van der Waals surface area contributed by atoms with Gasteiger partial charge in [0.2, 0.25) is 0 Å². The molecule has 0 N–H and O–H groups in total. The Morgan fingerprint density at radius 3 is 0.525 bits per heavy atom. The van der Waals surface area contributed by atoms with Crippen LogP contribution in [0.2, 0.25) is 0 Å². The summed E-state index contributed by atoms with van der Waals surface area (Å²) in [5.41, 5.74) is 2.46. The van der Waals surface area contributed by atoms with Crippen LogP contribution >= 0.6 is 30.9 Å². The summed E-state index contributed by atoms with van der Waals surface area (Å²) in [5.74, 6) is 0. The first-order valence-electron chi connectivity index (χ1n) is 46.3. The molecule has 0 radical (unpaired) electrons. The van der Waals surface area contributed by atoms with Crippen LogP contribution in [0.3, 0.4) is 0 Å². The van der Waals surface area contributed by atoms with Crippen molar-refractivity contribution in [1.82, 2.24) is 0 Å². The Morgan fingerprint density at radius 1 is 0.213 bits per heavy atom. The molecule has 0 bridgehead atoms. The van der Waals surface area contributed by atoms with E-state index in [0.717, 1.165) is 301 Å². The van der Waals surface area contributed by atoms with E-state index in [0.29, 0.717) is 67.9 Å². The van der Waals surface area contributed by atoms with E-state index in [4.69, 9.17) is 7.38 Å². The van der Waals surface area contributed by atoms with Crippen molar-refractivity contribution in [3.8, 4) is 0 Å². The zero-order valence-corrected chi connectivity index (χ0v) is 78.7. The Labute approximate surface area is 737 Å². The van der Waals surface area contributed by atoms with Gasteiger partial charge in [0.15, 0.2) is 0 Å². The molecular weight excluding hydrogens is 1710 g/mol. The third-order valence-electron chi connectivity index (χ3n) is 23.5. The summed E-state index contributed by atoms with van der Waals surface area (Å²) >= 11 is -7.98. The molecule has 122 heavy (non-hydrogen) atoms. The summed E-state index contributed by atoms with van der Waals surface area (Å²) in [6.45, 7) is 13.1. The third kappa shape index (κ3) is 29.5. The van der Waals surface area contributed by atoms with Crippen LogP contribution in [0.15, 0.2) is 262 Å². The molecule has 0 saturated heterocycles. The van der Waals surface area contributed by atoms with Crippen LogP contribution in [-0.2, 0) is 67.5 Å². The molecule has 0 aliphatic carbocycles. The molecule has 9 rings (SSSR count). The van der Waals surface area contributed by atoms with Crippen LogP contribution in [0.1, 0.15) is 323 Å². The predicted molar refractivity (Wildman–Crippen MR) is 492 cm³/mol. The molecule has 9 aromatic rings. The Hall–Kier alpha value is -6.10. The van der Waals surface area contributed by atoms with Gasteiger partial charge in [0, 0.05) is 0 Å². The molecular formula is C105H138F9O4S3Sb. The molecule has 0 aromatic heterocycles. The van der Waals surface area contributed by atoms with Crippen molar-refractivity contribution in [2.75, 3.05) is 0 Å². The van der Waals surface area contributed by atoms with E-state index in [9.17, 15) is 0 Å². The average Bonchev–Trinajstić information content (AvgIpc) is 0.710. The molecule has 17 heteroatoms. The number of aryl methyl sites for hydroxylation is 6. The van der Waals surface area contributed by atoms with Gasteiger partial charge in [-0.05, 0) is 0 Å². The monoisotopic (exact) mass is 1850 g/mol. The summed E-state index contributed by atoms with van der Waals surface area (Å²) in [6.07, 6.45) is 26.2. The van der Waals surface area contributed by atoms with E-state index in [1.54, 1.807) is 18.2 Å². The average molecular weight is 1850 g/mol. The summed E-state index contributed by atoms with van der Waals surface area (Å²) in [6, 6.07) is 59.7. The molecule has 668 valence electrons. The van der Waals surface area contributed by atoms with Gasteiger partial charge in [0.05, 0.1) is 0 Å². The molecule has 0 atom stereocenters. The summed E-state index contributed by atoms with van der Waals surface area (Å²) in [5, 5.41) is 0. The van der Waals surface area contributed by atoms with Gasteiger partial charge >= 0.3 is 663 Å². The minimum atomic E-state index is -7.98. The first-order chi connectivity index (χ1) is 59.0. The van der Waals surface area contributed by atoms with Crippen LogP contribution in [0.25, 0.3) is 0 Å². The first-order valence-corrected chi connectivity index (χ1v) is 55.1. The van der Waals surface area contributed by atoms with Crippen molar-refractivity contribution in [1.29, 1.82) is 0 Å². The Bertz CT molecular complexity index is 3860. The standard InChI is InChI=1S/3C35H47F3OS.O.Sb/c3*1-3-5-7-9-11-13-16-29-20-24-32(25-21-29)40(39,34-19-15-18-31(28-34)35(36,37)38)33-26-22-30(23-27-33)17-14-12-10-8-6-4-2;;/h3*15,18-28,39H,3-14,16-17H2,1-2H3;;/q;;;;+3/p-3. The van der Waals surface area contributed by atoms with E-state index in [-0.39, 0.29) is 14.7 Å². The van der Waals surface area contributed by atoms with Crippen molar-refractivity contribution >= 4 is 51.0 Å². The topological polar surface area (TPSA) is 44.8 Å². The van der Waals surface area contributed by atoms with Gasteiger partial charge in [0.1, 0.15) is 0 Å². The third-order valence-corrected chi connectivity index (χ3v) is 43.6. The molecule has 0 heterocycles. The van der Waals surface area contributed by atoms with Gasteiger partial charge in [0.25, 0.3) is 0 Å². The van der Waals surface area contributed by atoms with E-state index in [1.807, 2.05) is 146 Å². The SMILES string of the molecule is CCCCCCCCc1ccc(S([O][Sb](=[O])([O]S(c2ccc(CCCCCCCC)cc2)(c2ccc(CCCCCCCC)cc2)c2cccc(C(F)(F)F)c2)[O]S(c2ccc(CCCCCCCC)cc2)(c2ccc(CCCCCCCC)cc2)c2cccc(C(F)(F)F)c2)(c2ccc(CCCCCCCC)cc2)c2cccc(C(F)(F)F)c2)cc1. The number of hydrogen-bond donors (Lipinski definition) is 0. The zero-order chi connectivity index (χ0) is 87.2.